The highest BCUT2D eigenvalue weighted by Gasteiger charge is 2.31. The third-order valence-electron chi connectivity index (χ3n) is 4.31. The number of nitrogens with one attached hydrogen (secondary N) is 1. The highest BCUT2D eigenvalue weighted by atomic mass is 19.4. The van der Waals surface area contributed by atoms with E-state index in [-0.39, 0.29) is 35.8 Å². The molecule has 0 aliphatic carbocycles. The number of ether oxygens (including phenoxy) is 2. The number of hydrogen-bond acceptors (Lipinski definition) is 7. The second kappa shape index (κ2) is 9.14. The lowest BCUT2D eigenvalue weighted by Gasteiger charge is -2.31. The molecule has 2 aromatic rings. The largest absolute Gasteiger partial charge is 0.474 e. The number of likely N-dealkylation sites (tertiary alicyclic amines) is 1. The molecule has 8 nitrogen and oxygen atoms in total. The fourth-order valence-electron chi connectivity index (χ4n) is 2.88. The Labute approximate surface area is 171 Å². The maximum absolute atomic E-state index is 12.8. The molecule has 3 rings (SSSR count). The number of pyridine rings is 1. The predicted molar refractivity (Wildman–Crippen MR) is 101 cm³/mol. The average molecular weight is 425 g/mol. The number of nitrogens with zero attached hydrogens (tertiary/aromatic N) is 4. The normalized spacial score (nSPS) is 15.2. The minimum atomic E-state index is -4.46. The molecule has 1 fully saturated rings. The van der Waals surface area contributed by atoms with Gasteiger partial charge in [0, 0.05) is 38.2 Å². The van der Waals surface area contributed by atoms with Crippen LogP contribution in [0.5, 0.6) is 5.88 Å². The van der Waals surface area contributed by atoms with Gasteiger partial charge in [0.15, 0.2) is 0 Å². The van der Waals surface area contributed by atoms with Gasteiger partial charge in [-0.1, -0.05) is 0 Å². The van der Waals surface area contributed by atoms with Gasteiger partial charge in [0.05, 0.1) is 11.7 Å². The van der Waals surface area contributed by atoms with Crippen LogP contribution in [0.1, 0.15) is 32.3 Å². The van der Waals surface area contributed by atoms with E-state index in [4.69, 9.17) is 9.47 Å². The van der Waals surface area contributed by atoms with Crippen LogP contribution in [-0.4, -0.2) is 51.2 Å². The Morgan fingerprint density at radius 2 is 1.87 bits per heavy atom. The summed E-state index contributed by atoms with van der Waals surface area (Å²) in [5.74, 6) is 0.541. The third-order valence-corrected chi connectivity index (χ3v) is 4.31. The summed E-state index contributed by atoms with van der Waals surface area (Å²) in [6.45, 7) is 4.59. The van der Waals surface area contributed by atoms with Crippen molar-refractivity contribution in [1.82, 2.24) is 19.9 Å². The van der Waals surface area contributed by atoms with Crippen molar-refractivity contribution in [2.45, 2.75) is 45.1 Å². The Kier molecular flexibility index (Phi) is 6.58. The maximum atomic E-state index is 12.8. The summed E-state index contributed by atoms with van der Waals surface area (Å²) in [5, 5.41) is 2.72. The molecule has 0 saturated carbocycles. The summed E-state index contributed by atoms with van der Waals surface area (Å²) in [6.07, 6.45) is -1.60. The molecule has 1 aliphatic heterocycles. The number of amides is 1. The zero-order valence-electron chi connectivity index (χ0n) is 16.5. The number of carbonyl (C=O) groups excluding carboxylic acids is 1. The van der Waals surface area contributed by atoms with E-state index >= 15 is 0 Å². The Bertz CT molecular complexity index is 870. The van der Waals surface area contributed by atoms with Gasteiger partial charge in [0.1, 0.15) is 24.1 Å². The first-order chi connectivity index (χ1) is 14.2. The summed E-state index contributed by atoms with van der Waals surface area (Å²) in [6, 6.07) is 3.28. The van der Waals surface area contributed by atoms with Gasteiger partial charge >= 0.3 is 12.3 Å². The topological polar surface area (TPSA) is 89.5 Å². The van der Waals surface area contributed by atoms with Crippen LogP contribution in [0.3, 0.4) is 0 Å². The molecule has 1 aliphatic rings. The predicted octanol–water partition coefficient (Wildman–Crippen LogP) is 4.02. The van der Waals surface area contributed by atoms with Gasteiger partial charge in [0.2, 0.25) is 5.88 Å². The zero-order chi connectivity index (χ0) is 21.7. The summed E-state index contributed by atoms with van der Waals surface area (Å²) in [7, 11) is 0. The number of halogens is 3. The van der Waals surface area contributed by atoms with Gasteiger partial charge in [-0.3, -0.25) is 0 Å². The minimum absolute atomic E-state index is 0.00597. The number of anilines is 2. The van der Waals surface area contributed by atoms with Crippen molar-refractivity contribution in [2.24, 2.45) is 0 Å². The Balaban J connectivity index is 1.57. The molecule has 1 saturated heterocycles. The van der Waals surface area contributed by atoms with E-state index in [2.05, 4.69) is 20.3 Å². The standard InChI is InChI=1S/C19H22F3N5O3/c1-12(2)29-18(28)27-7-4-14(5-8-27)30-17-10-16(24-11-25-17)26-15-9-13(3-6-23-15)19(20,21)22/h3,6,9-12,14H,4-5,7-8H2,1-2H3,(H,23,24,25,26). The van der Waals surface area contributed by atoms with E-state index in [1.165, 1.54) is 12.4 Å². The van der Waals surface area contributed by atoms with Crippen LogP contribution in [0.15, 0.2) is 30.7 Å². The number of rotatable bonds is 5. The summed E-state index contributed by atoms with van der Waals surface area (Å²) in [5.41, 5.74) is -0.812. The first kappa shape index (κ1) is 21.6. The van der Waals surface area contributed by atoms with Crippen molar-refractivity contribution >= 4 is 17.7 Å². The number of aromatic nitrogens is 3. The minimum Gasteiger partial charge on any atom is -0.474 e. The van der Waals surface area contributed by atoms with Crippen LogP contribution in [-0.2, 0) is 10.9 Å². The van der Waals surface area contributed by atoms with Crippen molar-refractivity contribution in [1.29, 1.82) is 0 Å². The van der Waals surface area contributed by atoms with Gasteiger partial charge in [-0.15, -0.1) is 0 Å². The van der Waals surface area contributed by atoms with Crippen molar-refractivity contribution < 1.29 is 27.4 Å². The fourth-order valence-corrected chi connectivity index (χ4v) is 2.88. The van der Waals surface area contributed by atoms with E-state index in [1.807, 2.05) is 0 Å². The lowest BCUT2D eigenvalue weighted by molar-refractivity contribution is -0.137. The van der Waals surface area contributed by atoms with Crippen LogP contribution >= 0.6 is 0 Å². The first-order valence-electron chi connectivity index (χ1n) is 9.45. The molecule has 3 heterocycles. The van der Waals surface area contributed by atoms with E-state index in [1.54, 1.807) is 18.7 Å². The molecule has 11 heteroatoms. The van der Waals surface area contributed by atoms with Gasteiger partial charge in [-0.2, -0.15) is 13.2 Å². The quantitative estimate of drug-likeness (QED) is 0.774. The number of carbonyl (C=O) groups is 1. The molecule has 0 radical (unpaired) electrons. The lowest BCUT2D eigenvalue weighted by Crippen LogP contribution is -2.42. The molecule has 1 amide bonds. The second-order valence-corrected chi connectivity index (χ2v) is 7.03. The summed E-state index contributed by atoms with van der Waals surface area (Å²) < 4.78 is 49.5. The van der Waals surface area contributed by atoms with Crippen molar-refractivity contribution in [3.63, 3.8) is 0 Å². The molecule has 1 N–H and O–H groups in total. The molecule has 0 spiro atoms. The Morgan fingerprint density at radius 3 is 2.53 bits per heavy atom. The molecule has 0 atom stereocenters. The average Bonchev–Trinajstić information content (AvgIpc) is 2.68. The van der Waals surface area contributed by atoms with Gasteiger partial charge in [-0.05, 0) is 26.0 Å². The summed E-state index contributed by atoms with van der Waals surface area (Å²) in [4.78, 5) is 25.5. The molecule has 0 bridgehead atoms. The third kappa shape index (κ3) is 5.94. The van der Waals surface area contributed by atoms with Crippen molar-refractivity contribution in [3.05, 3.63) is 36.3 Å². The van der Waals surface area contributed by atoms with Crippen LogP contribution in [0.25, 0.3) is 0 Å². The highest BCUT2D eigenvalue weighted by molar-refractivity contribution is 5.67. The molecule has 0 aromatic carbocycles. The SMILES string of the molecule is CC(C)OC(=O)N1CCC(Oc2cc(Nc3cc(C(F)(F)F)ccn3)ncn2)CC1. The molecular weight excluding hydrogens is 403 g/mol. The van der Waals surface area contributed by atoms with Gasteiger partial charge in [-0.25, -0.2) is 19.7 Å². The van der Waals surface area contributed by atoms with E-state index in [0.717, 1.165) is 18.3 Å². The van der Waals surface area contributed by atoms with Crippen LogP contribution in [0.2, 0.25) is 0 Å². The van der Waals surface area contributed by atoms with Crippen molar-refractivity contribution in [3.8, 4) is 5.88 Å². The monoisotopic (exact) mass is 425 g/mol. The number of alkyl halides is 3. The van der Waals surface area contributed by atoms with E-state index < -0.39 is 11.7 Å². The zero-order valence-corrected chi connectivity index (χ0v) is 16.5. The number of hydrogen-bond donors (Lipinski definition) is 1. The first-order valence-corrected chi connectivity index (χ1v) is 9.45. The van der Waals surface area contributed by atoms with Crippen LogP contribution < -0.4 is 10.1 Å². The molecule has 30 heavy (non-hydrogen) atoms. The van der Waals surface area contributed by atoms with E-state index in [0.29, 0.717) is 25.9 Å². The van der Waals surface area contributed by atoms with Crippen LogP contribution in [0, 0.1) is 0 Å². The fraction of sp³-hybridized carbons (Fsp3) is 0.474. The Morgan fingerprint density at radius 1 is 1.17 bits per heavy atom. The smallest absolute Gasteiger partial charge is 0.416 e. The molecule has 0 unspecified atom stereocenters. The van der Waals surface area contributed by atoms with Crippen LogP contribution in [0.4, 0.5) is 29.6 Å². The van der Waals surface area contributed by atoms with E-state index in [9.17, 15) is 18.0 Å². The molecule has 162 valence electrons. The second-order valence-electron chi connectivity index (χ2n) is 7.03. The molecule has 2 aromatic heterocycles. The number of piperidine rings is 1. The Hall–Kier alpha value is -3.11. The lowest BCUT2D eigenvalue weighted by atomic mass is 10.1. The van der Waals surface area contributed by atoms with Gasteiger partial charge < -0.3 is 19.7 Å². The van der Waals surface area contributed by atoms with Crippen molar-refractivity contribution in [2.75, 3.05) is 18.4 Å². The maximum Gasteiger partial charge on any atom is 0.416 e. The molecular formula is C19H22F3N5O3. The summed E-state index contributed by atoms with van der Waals surface area (Å²) >= 11 is 0. The highest BCUT2D eigenvalue weighted by Crippen LogP contribution is 2.30. The van der Waals surface area contributed by atoms with Gasteiger partial charge in [0.25, 0.3) is 0 Å².